The van der Waals surface area contributed by atoms with Gasteiger partial charge in [0.2, 0.25) is 0 Å². The molecule has 1 aliphatic heterocycles. The number of nitrogens with zero attached hydrogens (tertiary/aromatic N) is 3. The summed E-state index contributed by atoms with van der Waals surface area (Å²) in [6.07, 6.45) is -0.422. The zero-order valence-corrected chi connectivity index (χ0v) is 18.1. The molecule has 1 fully saturated rings. The van der Waals surface area contributed by atoms with Crippen molar-refractivity contribution in [3.05, 3.63) is 11.4 Å². The molecule has 2 rings (SSSR count). The Hall–Kier alpha value is -0.490. The molecule has 0 aromatic carbocycles. The van der Waals surface area contributed by atoms with Gasteiger partial charge in [-0.15, -0.1) is 5.10 Å². The van der Waals surface area contributed by atoms with E-state index in [-0.39, 0.29) is 12.1 Å². The molecule has 1 saturated heterocycles. The number of hydrogen-bond acceptors (Lipinski definition) is 10. The number of phosphoric acid groups is 3. The number of aryl methyl sites for hydroxylation is 1. The maximum Gasteiger partial charge on any atom is 0.490 e. The van der Waals surface area contributed by atoms with E-state index < -0.39 is 36.2 Å². The first-order chi connectivity index (χ1) is 12.8. The maximum atomic E-state index is 12.0. The van der Waals surface area contributed by atoms with E-state index in [1.807, 2.05) is 0 Å². The molecule has 17 heteroatoms. The smallest absolute Gasteiger partial charge is 0.371 e. The summed E-state index contributed by atoms with van der Waals surface area (Å²) in [5.41, 5.74) is 1.49. The van der Waals surface area contributed by atoms with Crippen molar-refractivity contribution in [1.29, 1.82) is 0 Å². The molecular formula is C11H22N3O11P3. The molecule has 162 valence electrons. The fraction of sp³-hybridized carbons (Fsp3) is 0.818. The Bertz CT molecular complexity index is 845. The van der Waals surface area contributed by atoms with Gasteiger partial charge in [0.1, 0.15) is 6.10 Å². The van der Waals surface area contributed by atoms with Gasteiger partial charge in [-0.25, -0.2) is 18.4 Å². The maximum absolute atomic E-state index is 12.0. The first-order valence-corrected chi connectivity index (χ1v) is 12.4. The summed E-state index contributed by atoms with van der Waals surface area (Å²) in [6, 6.07) is -0.362. The third-order valence-electron chi connectivity index (χ3n) is 3.93. The molecular weight excluding hydrogens is 443 g/mol. The minimum absolute atomic E-state index is 0.212. The van der Waals surface area contributed by atoms with Crippen molar-refractivity contribution in [3.8, 4) is 0 Å². The summed E-state index contributed by atoms with van der Waals surface area (Å²) >= 11 is 0. The van der Waals surface area contributed by atoms with E-state index in [4.69, 9.17) is 14.2 Å². The van der Waals surface area contributed by atoms with E-state index in [9.17, 15) is 23.5 Å². The largest absolute Gasteiger partial charge is 0.490 e. The van der Waals surface area contributed by atoms with Crippen LogP contribution >= 0.6 is 23.5 Å². The SMILES string of the molecule is COP(=O)(O)OP(=O)(O)OP(=O)(O)OC[C@H]1O[C@@H](C)CC1n1nnc(C)c1C. The number of aromatic nitrogens is 3. The van der Waals surface area contributed by atoms with Crippen molar-refractivity contribution in [2.45, 2.75) is 45.4 Å². The van der Waals surface area contributed by atoms with Crippen LogP contribution < -0.4 is 0 Å². The monoisotopic (exact) mass is 465 g/mol. The van der Waals surface area contributed by atoms with Gasteiger partial charge in [0, 0.05) is 7.11 Å². The lowest BCUT2D eigenvalue weighted by molar-refractivity contribution is 0.00584. The van der Waals surface area contributed by atoms with Crippen LogP contribution in [-0.4, -0.2) is 55.6 Å². The lowest BCUT2D eigenvalue weighted by Crippen LogP contribution is -2.26. The number of ether oxygens (including phenoxy) is 1. The average molecular weight is 465 g/mol. The van der Waals surface area contributed by atoms with Crippen molar-refractivity contribution in [3.63, 3.8) is 0 Å². The van der Waals surface area contributed by atoms with Crippen molar-refractivity contribution in [2.24, 2.45) is 0 Å². The van der Waals surface area contributed by atoms with Crippen molar-refractivity contribution in [1.82, 2.24) is 15.0 Å². The van der Waals surface area contributed by atoms with Crippen LogP contribution in [0.4, 0.5) is 0 Å². The summed E-state index contributed by atoms with van der Waals surface area (Å²) in [5, 5.41) is 7.99. The highest BCUT2D eigenvalue weighted by molar-refractivity contribution is 7.66. The predicted molar refractivity (Wildman–Crippen MR) is 92.1 cm³/mol. The molecule has 1 aliphatic rings. The molecule has 1 aromatic rings. The molecule has 0 bridgehead atoms. The third-order valence-corrected chi connectivity index (χ3v) is 8.17. The molecule has 4 unspecified atom stereocenters. The fourth-order valence-electron chi connectivity index (χ4n) is 2.58. The number of hydrogen-bond donors (Lipinski definition) is 3. The molecule has 0 amide bonds. The van der Waals surface area contributed by atoms with E-state index in [0.717, 1.165) is 12.8 Å². The Balaban J connectivity index is 2.04. The average Bonchev–Trinajstić information content (AvgIpc) is 3.06. The van der Waals surface area contributed by atoms with E-state index in [1.54, 1.807) is 25.5 Å². The van der Waals surface area contributed by atoms with Gasteiger partial charge < -0.3 is 19.4 Å². The van der Waals surface area contributed by atoms with Crippen LogP contribution in [0, 0.1) is 13.8 Å². The number of rotatable bonds is 9. The Labute approximate surface area is 160 Å². The highest BCUT2D eigenvalue weighted by Gasteiger charge is 2.43. The second kappa shape index (κ2) is 8.71. The minimum atomic E-state index is -5.45. The Morgan fingerprint density at radius 1 is 1.14 bits per heavy atom. The summed E-state index contributed by atoms with van der Waals surface area (Å²) in [7, 11) is -14.8. The van der Waals surface area contributed by atoms with E-state index in [0.29, 0.717) is 12.1 Å². The molecule has 28 heavy (non-hydrogen) atoms. The topological polar surface area (TPSA) is 189 Å². The highest BCUT2D eigenvalue weighted by Crippen LogP contribution is 2.67. The zero-order valence-electron chi connectivity index (χ0n) is 15.4. The molecule has 14 nitrogen and oxygen atoms in total. The lowest BCUT2D eigenvalue weighted by Gasteiger charge is -2.22. The number of phosphoric ester groups is 2. The molecule has 3 N–H and O–H groups in total. The van der Waals surface area contributed by atoms with Gasteiger partial charge in [0.05, 0.1) is 30.1 Å². The third kappa shape index (κ3) is 6.25. The van der Waals surface area contributed by atoms with Crippen molar-refractivity contribution >= 4 is 23.5 Å². The summed E-state index contributed by atoms with van der Waals surface area (Å²) < 4.78 is 58.5. The lowest BCUT2D eigenvalue weighted by atomic mass is 10.1. The minimum Gasteiger partial charge on any atom is -0.371 e. The van der Waals surface area contributed by atoms with Gasteiger partial charge in [-0.2, -0.15) is 8.62 Å². The Morgan fingerprint density at radius 3 is 2.29 bits per heavy atom. The van der Waals surface area contributed by atoms with E-state index in [1.165, 1.54) is 0 Å². The fourth-order valence-corrected chi connectivity index (χ4v) is 5.84. The van der Waals surface area contributed by atoms with Gasteiger partial charge in [-0.1, -0.05) is 5.21 Å². The normalized spacial score (nSPS) is 29.2. The van der Waals surface area contributed by atoms with Gasteiger partial charge in [0.15, 0.2) is 0 Å². The summed E-state index contributed by atoms with van der Waals surface area (Å²) in [5.74, 6) is 0. The highest BCUT2D eigenvalue weighted by atomic mass is 31.3. The standard InChI is InChI=1S/C11H22N3O11P3/c1-7-5-10(14-9(3)8(2)12-13-14)11(23-7)6-22-27(17,18)25-28(19,20)24-26(15,16)21-4/h7,10-11H,5-6H2,1-4H3,(H,15,16)(H,17,18)(H,19,20)/t7-,10?,11+/m0/s1. The van der Waals surface area contributed by atoms with Crippen molar-refractivity contribution in [2.75, 3.05) is 13.7 Å². The molecule has 0 saturated carbocycles. The van der Waals surface area contributed by atoms with Gasteiger partial charge in [-0.05, 0) is 27.2 Å². The molecule has 2 heterocycles. The first-order valence-electron chi connectivity index (χ1n) is 7.90. The van der Waals surface area contributed by atoms with Crippen LogP contribution in [-0.2, 0) is 36.1 Å². The molecule has 0 spiro atoms. The summed E-state index contributed by atoms with van der Waals surface area (Å²) in [4.78, 5) is 28.0. The Kier molecular flexibility index (Phi) is 7.40. The van der Waals surface area contributed by atoms with E-state index in [2.05, 4.69) is 23.5 Å². The van der Waals surface area contributed by atoms with Crippen LogP contribution in [0.25, 0.3) is 0 Å². The molecule has 0 radical (unpaired) electrons. The van der Waals surface area contributed by atoms with Gasteiger partial charge >= 0.3 is 23.5 Å². The van der Waals surface area contributed by atoms with Crippen LogP contribution in [0.5, 0.6) is 0 Å². The van der Waals surface area contributed by atoms with Crippen LogP contribution in [0.1, 0.15) is 30.8 Å². The molecule has 1 aromatic heterocycles. The second-order valence-corrected chi connectivity index (χ2v) is 10.8. The molecule has 6 atom stereocenters. The zero-order chi connectivity index (χ0) is 21.3. The van der Waals surface area contributed by atoms with Gasteiger partial charge in [0.25, 0.3) is 0 Å². The van der Waals surface area contributed by atoms with Crippen LogP contribution in [0.3, 0.4) is 0 Å². The van der Waals surface area contributed by atoms with Crippen LogP contribution in [0.2, 0.25) is 0 Å². The van der Waals surface area contributed by atoms with Crippen molar-refractivity contribution < 1.29 is 50.8 Å². The predicted octanol–water partition coefficient (Wildman–Crippen LogP) is 1.61. The quantitative estimate of drug-likeness (QED) is 0.447. The van der Waals surface area contributed by atoms with Crippen LogP contribution in [0.15, 0.2) is 0 Å². The second-order valence-electron chi connectivity index (χ2n) is 6.04. The first kappa shape index (κ1) is 23.8. The molecule has 0 aliphatic carbocycles. The van der Waals surface area contributed by atoms with Gasteiger partial charge in [-0.3, -0.25) is 9.05 Å². The Morgan fingerprint density at radius 2 is 1.75 bits per heavy atom. The summed E-state index contributed by atoms with van der Waals surface area (Å²) in [6.45, 7) is 4.87. The van der Waals surface area contributed by atoms with E-state index >= 15 is 0 Å².